The average molecular weight is 389 g/mol. The fourth-order valence-corrected chi connectivity index (χ4v) is 3.67. The Morgan fingerprint density at radius 1 is 1.11 bits per heavy atom. The van der Waals surface area contributed by atoms with Gasteiger partial charge in [-0.15, -0.1) is 5.10 Å². The Morgan fingerprint density at radius 2 is 1.86 bits per heavy atom. The molecule has 4 rings (SSSR count). The normalized spacial score (nSPS) is 20.0. The van der Waals surface area contributed by atoms with Gasteiger partial charge in [0.05, 0.1) is 0 Å². The van der Waals surface area contributed by atoms with Crippen molar-refractivity contribution in [2.75, 3.05) is 18.0 Å². The number of benzene rings is 1. The van der Waals surface area contributed by atoms with E-state index >= 15 is 0 Å². The minimum Gasteiger partial charge on any atom is -0.354 e. The minimum absolute atomic E-state index is 0.0772. The largest absolute Gasteiger partial charge is 0.354 e. The standard InChI is InChI=1S/C19H18F3N5O/c1-10-6-19(28)27-17(24-10)2-3-18(25-27)26-5-4-11(16(23)9-26)12-7-14(21)15(22)8-13(12)20/h2-3,6-8,11,16H,4-5,9,23H2,1H3/t11-,16+/m1/s1. The molecule has 0 radical (unpaired) electrons. The van der Waals surface area contributed by atoms with Gasteiger partial charge >= 0.3 is 0 Å². The van der Waals surface area contributed by atoms with Crippen LogP contribution in [0.5, 0.6) is 0 Å². The molecule has 1 saturated heterocycles. The zero-order chi connectivity index (χ0) is 20.0. The van der Waals surface area contributed by atoms with E-state index in [1.54, 1.807) is 19.1 Å². The van der Waals surface area contributed by atoms with Crippen molar-refractivity contribution in [2.45, 2.75) is 25.3 Å². The van der Waals surface area contributed by atoms with Crippen molar-refractivity contribution in [3.8, 4) is 0 Å². The molecular weight excluding hydrogens is 371 g/mol. The van der Waals surface area contributed by atoms with E-state index < -0.39 is 29.4 Å². The van der Waals surface area contributed by atoms with E-state index in [9.17, 15) is 18.0 Å². The highest BCUT2D eigenvalue weighted by Crippen LogP contribution is 2.31. The fourth-order valence-electron chi connectivity index (χ4n) is 3.67. The molecule has 0 bridgehead atoms. The van der Waals surface area contributed by atoms with Gasteiger partial charge in [0.1, 0.15) is 11.6 Å². The molecule has 1 fully saturated rings. The van der Waals surface area contributed by atoms with Crippen molar-refractivity contribution in [1.82, 2.24) is 14.6 Å². The van der Waals surface area contributed by atoms with Crippen molar-refractivity contribution < 1.29 is 13.2 Å². The van der Waals surface area contributed by atoms with Gasteiger partial charge in [0, 0.05) is 42.9 Å². The van der Waals surface area contributed by atoms with Crippen LogP contribution < -0.4 is 16.2 Å². The van der Waals surface area contributed by atoms with Crippen LogP contribution in [0.15, 0.2) is 35.1 Å². The van der Waals surface area contributed by atoms with Crippen molar-refractivity contribution in [2.24, 2.45) is 5.73 Å². The first-order valence-electron chi connectivity index (χ1n) is 8.86. The van der Waals surface area contributed by atoms with E-state index in [0.29, 0.717) is 42.7 Å². The first-order valence-corrected chi connectivity index (χ1v) is 8.86. The molecule has 146 valence electrons. The Labute approximate surface area is 158 Å². The predicted molar refractivity (Wildman–Crippen MR) is 97.9 cm³/mol. The summed E-state index contributed by atoms with van der Waals surface area (Å²) in [5, 5.41) is 4.34. The average Bonchev–Trinajstić information content (AvgIpc) is 2.64. The van der Waals surface area contributed by atoms with Gasteiger partial charge in [-0.1, -0.05) is 0 Å². The van der Waals surface area contributed by atoms with Gasteiger partial charge in [-0.25, -0.2) is 18.2 Å². The molecule has 0 amide bonds. The van der Waals surface area contributed by atoms with Crippen LogP contribution in [0.1, 0.15) is 23.6 Å². The lowest BCUT2D eigenvalue weighted by Crippen LogP contribution is -2.48. The Balaban J connectivity index is 1.60. The number of hydrogen-bond acceptors (Lipinski definition) is 5. The molecular formula is C19H18F3N5O. The summed E-state index contributed by atoms with van der Waals surface area (Å²) in [5.41, 5.74) is 7.07. The Hall–Kier alpha value is -2.94. The molecule has 1 aromatic carbocycles. The molecule has 1 aliphatic heterocycles. The van der Waals surface area contributed by atoms with Crippen LogP contribution in [-0.4, -0.2) is 33.7 Å². The van der Waals surface area contributed by atoms with Gasteiger partial charge in [0.2, 0.25) is 0 Å². The summed E-state index contributed by atoms with van der Waals surface area (Å²) in [5.74, 6) is -3.02. The molecule has 28 heavy (non-hydrogen) atoms. The summed E-state index contributed by atoms with van der Waals surface area (Å²) in [4.78, 5) is 18.3. The molecule has 0 spiro atoms. The topological polar surface area (TPSA) is 76.5 Å². The number of piperidine rings is 1. The van der Waals surface area contributed by atoms with E-state index in [2.05, 4.69) is 10.1 Å². The van der Waals surface area contributed by atoms with Crippen LogP contribution in [0.4, 0.5) is 19.0 Å². The van der Waals surface area contributed by atoms with Crippen LogP contribution in [0.2, 0.25) is 0 Å². The van der Waals surface area contributed by atoms with Gasteiger partial charge in [0.25, 0.3) is 5.56 Å². The smallest absolute Gasteiger partial charge is 0.274 e. The maximum Gasteiger partial charge on any atom is 0.274 e. The number of anilines is 1. The molecule has 2 atom stereocenters. The molecule has 0 aliphatic carbocycles. The second kappa shape index (κ2) is 6.90. The van der Waals surface area contributed by atoms with E-state index in [1.165, 1.54) is 10.6 Å². The lowest BCUT2D eigenvalue weighted by molar-refractivity contribution is 0.415. The lowest BCUT2D eigenvalue weighted by Gasteiger charge is -2.37. The van der Waals surface area contributed by atoms with E-state index in [-0.39, 0.29) is 11.1 Å². The third-order valence-electron chi connectivity index (χ3n) is 5.05. The van der Waals surface area contributed by atoms with Crippen LogP contribution in [-0.2, 0) is 0 Å². The molecule has 3 aromatic rings. The summed E-state index contributed by atoms with van der Waals surface area (Å²) in [6.45, 7) is 2.54. The van der Waals surface area contributed by atoms with Crippen LogP contribution in [0.25, 0.3) is 5.65 Å². The number of halogens is 3. The Kier molecular flexibility index (Phi) is 4.54. The number of nitrogens with two attached hydrogens (primary N) is 1. The molecule has 9 heteroatoms. The summed E-state index contributed by atoms with van der Waals surface area (Å²) in [6, 6.07) is 5.75. The van der Waals surface area contributed by atoms with Gasteiger partial charge in [-0.05, 0) is 37.1 Å². The number of hydrogen-bond donors (Lipinski definition) is 1. The third-order valence-corrected chi connectivity index (χ3v) is 5.05. The van der Waals surface area contributed by atoms with Gasteiger partial charge < -0.3 is 10.6 Å². The van der Waals surface area contributed by atoms with Gasteiger partial charge in [0.15, 0.2) is 17.3 Å². The summed E-state index contributed by atoms with van der Waals surface area (Å²) >= 11 is 0. The minimum atomic E-state index is -1.22. The van der Waals surface area contributed by atoms with Crippen LogP contribution in [0.3, 0.4) is 0 Å². The van der Waals surface area contributed by atoms with Crippen molar-refractivity contribution in [3.05, 3.63) is 69.4 Å². The molecule has 2 N–H and O–H groups in total. The highest BCUT2D eigenvalue weighted by Gasteiger charge is 2.31. The highest BCUT2D eigenvalue weighted by molar-refractivity contribution is 5.47. The molecule has 1 aliphatic rings. The van der Waals surface area contributed by atoms with E-state index in [4.69, 9.17) is 5.73 Å². The Bertz CT molecular complexity index is 1120. The number of aryl methyl sites for hydroxylation is 1. The third kappa shape index (κ3) is 3.22. The number of rotatable bonds is 2. The molecule has 0 unspecified atom stereocenters. The zero-order valence-electron chi connectivity index (χ0n) is 15.1. The van der Waals surface area contributed by atoms with Crippen LogP contribution >= 0.6 is 0 Å². The fraction of sp³-hybridized carbons (Fsp3) is 0.316. The molecule has 0 saturated carbocycles. The maximum absolute atomic E-state index is 14.1. The number of fused-ring (bicyclic) bond motifs is 1. The van der Waals surface area contributed by atoms with Gasteiger partial charge in [-0.2, -0.15) is 4.52 Å². The SMILES string of the molecule is Cc1cc(=O)n2nc(N3CC[C@H](c4cc(F)c(F)cc4F)[C@@H](N)C3)ccc2n1. The lowest BCUT2D eigenvalue weighted by atomic mass is 9.85. The van der Waals surface area contributed by atoms with Crippen molar-refractivity contribution in [1.29, 1.82) is 0 Å². The summed E-state index contributed by atoms with van der Waals surface area (Å²) in [7, 11) is 0. The van der Waals surface area contributed by atoms with Crippen molar-refractivity contribution >= 4 is 11.5 Å². The second-order valence-corrected chi connectivity index (χ2v) is 6.99. The highest BCUT2D eigenvalue weighted by atomic mass is 19.2. The maximum atomic E-state index is 14.1. The first kappa shape index (κ1) is 18.4. The van der Waals surface area contributed by atoms with Gasteiger partial charge in [-0.3, -0.25) is 4.79 Å². The summed E-state index contributed by atoms with van der Waals surface area (Å²) in [6.07, 6.45) is 0.434. The molecule has 3 heterocycles. The number of nitrogens with zero attached hydrogens (tertiary/aromatic N) is 4. The first-order chi connectivity index (χ1) is 13.3. The monoisotopic (exact) mass is 389 g/mol. The number of aromatic nitrogens is 3. The predicted octanol–water partition coefficient (Wildman–Crippen LogP) is 2.14. The van der Waals surface area contributed by atoms with E-state index in [1.807, 2.05) is 4.90 Å². The summed E-state index contributed by atoms with van der Waals surface area (Å²) < 4.78 is 42.1. The zero-order valence-corrected chi connectivity index (χ0v) is 15.1. The van der Waals surface area contributed by atoms with E-state index in [0.717, 1.165) is 6.07 Å². The van der Waals surface area contributed by atoms with Crippen molar-refractivity contribution in [3.63, 3.8) is 0 Å². The molecule has 2 aromatic heterocycles. The second-order valence-electron chi connectivity index (χ2n) is 6.99. The van der Waals surface area contributed by atoms with Crippen LogP contribution in [0, 0.1) is 24.4 Å². The molecule has 6 nitrogen and oxygen atoms in total. The Morgan fingerprint density at radius 3 is 2.61 bits per heavy atom. The quantitative estimate of drug-likeness (QED) is 0.680.